The van der Waals surface area contributed by atoms with Gasteiger partial charge in [-0.3, -0.25) is 4.79 Å². The molecule has 0 saturated carbocycles. The van der Waals surface area contributed by atoms with Crippen LogP contribution in [0.25, 0.3) is 11.0 Å². The Morgan fingerprint density at radius 1 is 1.27 bits per heavy atom. The van der Waals surface area contributed by atoms with Gasteiger partial charge in [-0.2, -0.15) is 0 Å². The first-order valence-corrected chi connectivity index (χ1v) is 8.60. The van der Waals surface area contributed by atoms with Gasteiger partial charge in [0.15, 0.2) is 0 Å². The van der Waals surface area contributed by atoms with Crippen LogP contribution in [0.4, 0.5) is 4.39 Å². The number of para-hydroxylation sites is 2. The van der Waals surface area contributed by atoms with Gasteiger partial charge in [-0.05, 0) is 24.3 Å². The lowest BCUT2D eigenvalue weighted by Gasteiger charge is -2.12. The van der Waals surface area contributed by atoms with Crippen LogP contribution in [0, 0.1) is 5.82 Å². The third kappa shape index (κ3) is 4.03. The molecular weight excluding hydrogens is 357 g/mol. The van der Waals surface area contributed by atoms with Gasteiger partial charge in [0, 0.05) is 30.7 Å². The Morgan fingerprint density at radius 2 is 2.08 bits per heavy atom. The van der Waals surface area contributed by atoms with Crippen molar-refractivity contribution in [2.24, 2.45) is 0 Å². The summed E-state index contributed by atoms with van der Waals surface area (Å²) in [6.45, 7) is 0.700. The summed E-state index contributed by atoms with van der Waals surface area (Å²) in [5.41, 5.74) is 2.13. The molecule has 1 aromatic heterocycles. The highest BCUT2D eigenvalue weighted by atomic mass is 35.5. The number of fused-ring (bicyclic) bond motifs is 1. The first-order valence-electron chi connectivity index (χ1n) is 8.23. The molecule has 0 fully saturated rings. The predicted octanol–water partition coefficient (Wildman–Crippen LogP) is 3.18. The van der Waals surface area contributed by atoms with E-state index in [9.17, 15) is 9.18 Å². The van der Waals surface area contributed by atoms with E-state index in [4.69, 9.17) is 16.3 Å². The van der Waals surface area contributed by atoms with E-state index >= 15 is 0 Å². The van der Waals surface area contributed by atoms with Gasteiger partial charge in [0.05, 0.1) is 17.6 Å². The number of imidazole rings is 1. The molecule has 0 atom stereocenters. The van der Waals surface area contributed by atoms with Gasteiger partial charge >= 0.3 is 0 Å². The summed E-state index contributed by atoms with van der Waals surface area (Å²) < 4.78 is 21.0. The van der Waals surface area contributed by atoms with E-state index in [1.807, 2.05) is 28.8 Å². The molecular formula is C19H19ClFN3O2. The minimum atomic E-state index is -0.352. The largest absolute Gasteiger partial charge is 0.375 e. The summed E-state index contributed by atoms with van der Waals surface area (Å²) in [6.07, 6.45) is 0.510. The van der Waals surface area contributed by atoms with Crippen LogP contribution in [0.15, 0.2) is 42.5 Å². The Bertz CT molecular complexity index is 906. The second-order valence-corrected chi connectivity index (χ2v) is 6.24. The van der Waals surface area contributed by atoms with E-state index in [-0.39, 0.29) is 24.9 Å². The fourth-order valence-electron chi connectivity index (χ4n) is 2.83. The van der Waals surface area contributed by atoms with Crippen molar-refractivity contribution in [3.63, 3.8) is 0 Å². The highest BCUT2D eigenvalue weighted by Crippen LogP contribution is 2.24. The van der Waals surface area contributed by atoms with Crippen molar-refractivity contribution in [2.75, 3.05) is 20.3 Å². The molecule has 0 saturated heterocycles. The molecule has 0 unspecified atom stereocenters. The topological polar surface area (TPSA) is 56.1 Å². The molecule has 26 heavy (non-hydrogen) atoms. The molecule has 7 heteroatoms. The Labute approximate surface area is 155 Å². The van der Waals surface area contributed by atoms with Crippen molar-refractivity contribution in [1.29, 1.82) is 0 Å². The van der Waals surface area contributed by atoms with E-state index in [0.29, 0.717) is 23.6 Å². The number of hydrogen-bond donors (Lipinski definition) is 1. The second-order valence-electron chi connectivity index (χ2n) is 5.84. The maximum Gasteiger partial charge on any atom is 0.245 e. The van der Waals surface area contributed by atoms with Crippen LogP contribution in [-0.2, 0) is 22.5 Å². The first-order chi connectivity index (χ1) is 12.6. The number of methoxy groups -OCH3 is 1. The lowest BCUT2D eigenvalue weighted by atomic mass is 10.2. The number of nitrogens with one attached hydrogen (secondary N) is 1. The van der Waals surface area contributed by atoms with Crippen LogP contribution in [0.2, 0.25) is 5.02 Å². The molecule has 1 heterocycles. The highest BCUT2D eigenvalue weighted by molar-refractivity contribution is 6.31. The summed E-state index contributed by atoms with van der Waals surface area (Å²) >= 11 is 6.19. The molecule has 0 spiro atoms. The molecule has 1 amide bonds. The summed E-state index contributed by atoms with van der Waals surface area (Å²) in [6, 6.07) is 12.3. The van der Waals surface area contributed by atoms with Crippen molar-refractivity contribution in [1.82, 2.24) is 14.9 Å². The zero-order valence-electron chi connectivity index (χ0n) is 14.3. The van der Waals surface area contributed by atoms with Gasteiger partial charge in [-0.15, -0.1) is 0 Å². The summed E-state index contributed by atoms with van der Waals surface area (Å²) in [5, 5.41) is 3.15. The number of rotatable bonds is 7. The maximum absolute atomic E-state index is 14.2. The predicted molar refractivity (Wildman–Crippen MR) is 98.8 cm³/mol. The Morgan fingerprint density at radius 3 is 2.85 bits per heavy atom. The number of aromatic nitrogens is 2. The van der Waals surface area contributed by atoms with Crippen LogP contribution in [0.5, 0.6) is 0 Å². The summed E-state index contributed by atoms with van der Waals surface area (Å²) in [7, 11) is 1.47. The number of carbonyl (C=O) groups excluding carboxylic acids is 1. The van der Waals surface area contributed by atoms with Gasteiger partial charge in [-0.25, -0.2) is 9.37 Å². The lowest BCUT2D eigenvalue weighted by Crippen LogP contribution is -2.29. The van der Waals surface area contributed by atoms with Gasteiger partial charge in [0.1, 0.15) is 18.2 Å². The molecule has 1 N–H and O–H groups in total. The average Bonchev–Trinajstić information content (AvgIpc) is 2.96. The monoisotopic (exact) mass is 375 g/mol. The number of amides is 1. The van der Waals surface area contributed by atoms with Gasteiger partial charge in [0.2, 0.25) is 5.91 Å². The van der Waals surface area contributed by atoms with E-state index < -0.39 is 0 Å². The molecule has 3 rings (SSSR count). The van der Waals surface area contributed by atoms with Crippen molar-refractivity contribution in [3.8, 4) is 0 Å². The number of hydrogen-bond acceptors (Lipinski definition) is 3. The van der Waals surface area contributed by atoms with Crippen molar-refractivity contribution >= 4 is 28.5 Å². The highest BCUT2D eigenvalue weighted by Gasteiger charge is 2.15. The summed E-state index contributed by atoms with van der Waals surface area (Å²) in [5.74, 6) is 0.213. The minimum absolute atomic E-state index is 0.0151. The molecule has 136 valence electrons. The van der Waals surface area contributed by atoms with E-state index in [1.54, 1.807) is 12.1 Å². The Balaban J connectivity index is 1.89. The smallest absolute Gasteiger partial charge is 0.245 e. The summed E-state index contributed by atoms with van der Waals surface area (Å²) in [4.78, 5) is 16.2. The fraction of sp³-hybridized carbons (Fsp3) is 0.263. The number of halogens is 2. The third-order valence-corrected chi connectivity index (χ3v) is 4.41. The molecule has 3 aromatic rings. The van der Waals surface area contributed by atoms with Crippen molar-refractivity contribution in [3.05, 3.63) is 64.7 Å². The van der Waals surface area contributed by atoms with Crippen LogP contribution >= 0.6 is 11.6 Å². The van der Waals surface area contributed by atoms with Crippen LogP contribution in [-0.4, -0.2) is 35.7 Å². The number of ether oxygens (including phenoxy) is 1. The van der Waals surface area contributed by atoms with E-state index in [0.717, 1.165) is 16.9 Å². The van der Waals surface area contributed by atoms with Gasteiger partial charge in [0.25, 0.3) is 0 Å². The Kier molecular flexibility index (Phi) is 5.85. The molecule has 2 aromatic carbocycles. The number of benzene rings is 2. The molecule has 5 nitrogen and oxygen atoms in total. The Hall–Kier alpha value is -2.44. The van der Waals surface area contributed by atoms with Crippen LogP contribution < -0.4 is 5.32 Å². The first kappa shape index (κ1) is 18.4. The SMILES string of the molecule is COCC(=O)NCCc1nc2ccccc2n1Cc1c(F)cccc1Cl. The molecule has 0 aliphatic carbocycles. The molecule has 0 aliphatic rings. The standard InChI is InChI=1S/C19H19ClFN3O2/c1-26-12-19(25)22-10-9-18-23-16-7-2-3-8-17(16)24(18)11-13-14(20)5-4-6-15(13)21/h2-8H,9-12H2,1H3,(H,22,25). The molecule has 0 aliphatic heterocycles. The lowest BCUT2D eigenvalue weighted by molar-refractivity contribution is -0.124. The quantitative estimate of drug-likeness (QED) is 0.690. The van der Waals surface area contributed by atoms with Crippen molar-refractivity contribution in [2.45, 2.75) is 13.0 Å². The normalized spacial score (nSPS) is 11.0. The van der Waals surface area contributed by atoms with E-state index in [2.05, 4.69) is 10.3 Å². The van der Waals surface area contributed by atoms with E-state index in [1.165, 1.54) is 13.2 Å². The van der Waals surface area contributed by atoms with Crippen LogP contribution in [0.3, 0.4) is 0 Å². The minimum Gasteiger partial charge on any atom is -0.375 e. The fourth-order valence-corrected chi connectivity index (χ4v) is 3.05. The number of carbonyl (C=O) groups is 1. The average molecular weight is 376 g/mol. The van der Waals surface area contributed by atoms with Gasteiger partial charge < -0.3 is 14.6 Å². The number of nitrogens with zero attached hydrogens (tertiary/aromatic N) is 2. The van der Waals surface area contributed by atoms with Gasteiger partial charge in [-0.1, -0.05) is 29.8 Å². The maximum atomic E-state index is 14.2. The van der Waals surface area contributed by atoms with Crippen molar-refractivity contribution < 1.29 is 13.9 Å². The second kappa shape index (κ2) is 8.29. The molecule has 0 radical (unpaired) electrons. The third-order valence-electron chi connectivity index (χ3n) is 4.06. The molecule has 0 bridgehead atoms. The van der Waals surface area contributed by atoms with Crippen LogP contribution in [0.1, 0.15) is 11.4 Å². The zero-order chi connectivity index (χ0) is 18.5. The zero-order valence-corrected chi connectivity index (χ0v) is 15.1.